The predicted octanol–water partition coefficient (Wildman–Crippen LogP) is 18.8. The molecule has 2 aliphatic heterocycles. The zero-order chi connectivity index (χ0) is 61.4. The Morgan fingerprint density at radius 2 is 0.772 bits per heavy atom. The Hall–Kier alpha value is -11.8. The fourth-order valence-electron chi connectivity index (χ4n) is 13.8. The van der Waals surface area contributed by atoms with Crippen LogP contribution < -0.4 is 26.2 Å². The standard InChI is InChI=1S/C83H59BN8/c1-83(2,3)61-46-48-72-65(52-61)64-37-16-19-40-71(64)92(72)73-47-45-59(70-53-69(54-25-8-4-9-26-54)85-79(86-70)55-27-10-5-11-28-55)51-66(73)82-88-80(56-29-12-6-13-30-56)87-81(89-82)60-33-22-31-57(49-60)58-32-23-36-63(50-58)91-75-42-21-18-39-68(75)84-67-38-17-20-41-74(67)90(62-34-14-7-15-35-62)76-43-24-44-77(91)78(76)84/h4-53H,1-3H3. The van der Waals surface area contributed by atoms with Gasteiger partial charge in [-0.25, -0.2) is 24.9 Å². The zero-order valence-corrected chi connectivity index (χ0v) is 51.0. The van der Waals surface area contributed by atoms with Crippen LogP contribution in [0.1, 0.15) is 26.3 Å². The van der Waals surface area contributed by atoms with E-state index in [4.69, 9.17) is 24.9 Å². The highest BCUT2D eigenvalue weighted by Gasteiger charge is 2.43. The Morgan fingerprint density at radius 1 is 0.293 bits per heavy atom. The number of anilines is 6. The molecule has 0 saturated carbocycles. The first-order valence-corrected chi connectivity index (χ1v) is 31.4. The molecule has 0 aliphatic carbocycles. The third-order valence-electron chi connectivity index (χ3n) is 18.2. The van der Waals surface area contributed by atoms with Crippen molar-refractivity contribution < 1.29 is 0 Å². The molecule has 0 saturated heterocycles. The number of aromatic nitrogens is 6. The van der Waals surface area contributed by atoms with Crippen LogP contribution in [0.2, 0.25) is 0 Å². The Balaban J connectivity index is 0.838. The maximum Gasteiger partial charge on any atom is 0.252 e. The lowest BCUT2D eigenvalue weighted by Gasteiger charge is -2.44. The van der Waals surface area contributed by atoms with Gasteiger partial charge in [-0.15, -0.1) is 0 Å². The fraction of sp³-hybridized carbons (Fsp3) is 0.0482. The Kier molecular flexibility index (Phi) is 13.0. The number of benzene rings is 12. The topological polar surface area (TPSA) is 75.9 Å². The molecule has 0 spiro atoms. The van der Waals surface area contributed by atoms with E-state index >= 15 is 0 Å². The lowest BCUT2D eigenvalue weighted by atomic mass is 9.33. The summed E-state index contributed by atoms with van der Waals surface area (Å²) in [5.74, 6) is 2.28. The van der Waals surface area contributed by atoms with Gasteiger partial charge in [-0.3, -0.25) is 0 Å². The normalized spacial score (nSPS) is 12.4. The summed E-state index contributed by atoms with van der Waals surface area (Å²) in [4.78, 5) is 31.9. The molecule has 12 aromatic carbocycles. The van der Waals surface area contributed by atoms with E-state index in [9.17, 15) is 0 Å². The van der Waals surface area contributed by atoms with Gasteiger partial charge in [-0.05, 0) is 129 Å². The van der Waals surface area contributed by atoms with Crippen LogP contribution >= 0.6 is 0 Å². The summed E-state index contributed by atoms with van der Waals surface area (Å²) in [5.41, 5.74) is 24.1. The molecular formula is C83H59BN8. The molecule has 92 heavy (non-hydrogen) atoms. The highest BCUT2D eigenvalue weighted by Crippen LogP contribution is 2.46. The summed E-state index contributed by atoms with van der Waals surface area (Å²) in [6.45, 7) is 6.87. The third-order valence-corrected chi connectivity index (χ3v) is 18.2. The van der Waals surface area contributed by atoms with E-state index in [1.54, 1.807) is 0 Å². The van der Waals surface area contributed by atoms with E-state index < -0.39 is 0 Å². The molecule has 0 fully saturated rings. The van der Waals surface area contributed by atoms with Crippen LogP contribution in [-0.4, -0.2) is 36.2 Å². The van der Waals surface area contributed by atoms with Crippen molar-refractivity contribution in [2.45, 2.75) is 26.2 Å². The van der Waals surface area contributed by atoms with Crippen molar-refractivity contribution in [3.8, 4) is 84.9 Å². The second-order valence-electron chi connectivity index (χ2n) is 24.8. The van der Waals surface area contributed by atoms with Gasteiger partial charge in [0.05, 0.1) is 28.1 Å². The summed E-state index contributed by atoms with van der Waals surface area (Å²) < 4.78 is 2.38. The van der Waals surface area contributed by atoms with Gasteiger partial charge in [0, 0.05) is 78.3 Å². The van der Waals surface area contributed by atoms with Gasteiger partial charge < -0.3 is 14.4 Å². The second-order valence-corrected chi connectivity index (χ2v) is 24.8. The van der Waals surface area contributed by atoms with Crippen molar-refractivity contribution in [3.63, 3.8) is 0 Å². The average Bonchev–Trinajstić information content (AvgIpc) is 0.858. The number of fused-ring (bicyclic) bond motifs is 7. The smallest absolute Gasteiger partial charge is 0.252 e. The maximum atomic E-state index is 5.61. The SMILES string of the molecule is CC(C)(C)c1ccc2c(c1)c1ccccc1n2-c1ccc(-c2cc(-c3ccccc3)nc(-c3ccccc3)n2)cc1-c1nc(-c2ccccc2)nc(-c2cccc(-c3cccc(N4c5ccccc5B5c6ccccc6N(c6ccccc6)c6cccc4c65)c3)c2)n1. The molecule has 0 unspecified atom stereocenters. The Labute approximate surface area is 535 Å². The Morgan fingerprint density at radius 3 is 1.45 bits per heavy atom. The molecule has 0 N–H and O–H groups in total. The van der Waals surface area contributed by atoms with Gasteiger partial charge in [0.15, 0.2) is 23.3 Å². The minimum Gasteiger partial charge on any atom is -0.311 e. The van der Waals surface area contributed by atoms with E-state index in [0.29, 0.717) is 23.3 Å². The first kappa shape index (κ1) is 54.4. The van der Waals surface area contributed by atoms with Crippen LogP contribution in [0.5, 0.6) is 0 Å². The molecule has 3 aromatic heterocycles. The van der Waals surface area contributed by atoms with E-state index in [1.165, 1.54) is 44.1 Å². The summed E-state index contributed by atoms with van der Waals surface area (Å²) in [7, 11) is 0. The van der Waals surface area contributed by atoms with Crippen molar-refractivity contribution in [1.29, 1.82) is 0 Å². The molecule has 8 nitrogen and oxygen atoms in total. The quantitative estimate of drug-likeness (QED) is 0.126. The lowest BCUT2D eigenvalue weighted by Crippen LogP contribution is -2.61. The van der Waals surface area contributed by atoms with E-state index in [0.717, 1.165) is 95.4 Å². The van der Waals surface area contributed by atoms with Gasteiger partial charge in [0.2, 0.25) is 0 Å². The molecule has 0 bridgehead atoms. The highest BCUT2D eigenvalue weighted by atomic mass is 15.2. The molecule has 0 amide bonds. The Bertz CT molecular complexity index is 5300. The largest absolute Gasteiger partial charge is 0.311 e. The molecule has 9 heteroatoms. The van der Waals surface area contributed by atoms with E-state index in [1.807, 2.05) is 42.5 Å². The molecule has 0 atom stereocenters. The van der Waals surface area contributed by atoms with Crippen molar-refractivity contribution >= 4 is 79.0 Å². The van der Waals surface area contributed by atoms with Gasteiger partial charge in [-0.2, -0.15) is 0 Å². The first-order chi connectivity index (χ1) is 45.3. The van der Waals surface area contributed by atoms with Crippen LogP contribution in [-0.2, 0) is 5.41 Å². The number of hydrogen-bond donors (Lipinski definition) is 0. The predicted molar refractivity (Wildman–Crippen MR) is 381 cm³/mol. The minimum atomic E-state index is -0.0559. The summed E-state index contributed by atoms with van der Waals surface area (Å²) >= 11 is 0. The molecule has 17 rings (SSSR count). The molecule has 5 heterocycles. The molecule has 15 aromatic rings. The van der Waals surface area contributed by atoms with Gasteiger partial charge in [-0.1, -0.05) is 233 Å². The van der Waals surface area contributed by atoms with Crippen LogP contribution in [0, 0.1) is 0 Å². The molecular weight excluding hydrogens is 1120 g/mol. The van der Waals surface area contributed by atoms with Crippen LogP contribution in [0.3, 0.4) is 0 Å². The van der Waals surface area contributed by atoms with Crippen molar-refractivity contribution in [1.82, 2.24) is 29.5 Å². The highest BCUT2D eigenvalue weighted by molar-refractivity contribution is 7.00. The summed E-state index contributed by atoms with van der Waals surface area (Å²) in [6, 6.07) is 108. The third kappa shape index (κ3) is 9.35. The fourth-order valence-corrected chi connectivity index (χ4v) is 13.8. The molecule has 2 aliphatic rings. The maximum absolute atomic E-state index is 5.61. The monoisotopic (exact) mass is 1180 g/mol. The minimum absolute atomic E-state index is 0.0465. The number of para-hydroxylation sites is 4. The summed E-state index contributed by atoms with van der Waals surface area (Å²) in [6.07, 6.45) is 0. The van der Waals surface area contributed by atoms with Crippen molar-refractivity contribution in [2.75, 3.05) is 9.80 Å². The van der Waals surface area contributed by atoms with E-state index in [2.05, 4.69) is 296 Å². The zero-order valence-electron chi connectivity index (χ0n) is 51.0. The number of nitrogens with zero attached hydrogens (tertiary/aromatic N) is 8. The van der Waals surface area contributed by atoms with Gasteiger partial charge in [0.25, 0.3) is 6.71 Å². The van der Waals surface area contributed by atoms with Crippen LogP contribution in [0.25, 0.3) is 107 Å². The van der Waals surface area contributed by atoms with Crippen molar-refractivity contribution in [2.24, 2.45) is 0 Å². The molecule has 0 radical (unpaired) electrons. The van der Waals surface area contributed by atoms with Gasteiger partial charge >= 0.3 is 0 Å². The average molecular weight is 1180 g/mol. The van der Waals surface area contributed by atoms with E-state index in [-0.39, 0.29) is 12.1 Å². The van der Waals surface area contributed by atoms with Crippen LogP contribution in [0.15, 0.2) is 303 Å². The number of rotatable bonds is 10. The van der Waals surface area contributed by atoms with Crippen molar-refractivity contribution in [3.05, 3.63) is 309 Å². The molecule has 434 valence electrons. The first-order valence-electron chi connectivity index (χ1n) is 31.4. The second kappa shape index (κ2) is 22.0. The van der Waals surface area contributed by atoms with Gasteiger partial charge in [0.1, 0.15) is 0 Å². The summed E-state index contributed by atoms with van der Waals surface area (Å²) in [5, 5.41) is 2.34. The lowest BCUT2D eigenvalue weighted by molar-refractivity contribution is 0.591. The number of hydrogen-bond acceptors (Lipinski definition) is 7. The van der Waals surface area contributed by atoms with Crippen LogP contribution in [0.4, 0.5) is 34.1 Å².